The number of aromatic nitrogens is 1. The van der Waals surface area contributed by atoms with Crippen molar-refractivity contribution in [1.29, 1.82) is 5.26 Å². The number of halogens is 3. The van der Waals surface area contributed by atoms with E-state index >= 15 is 0 Å². The predicted molar refractivity (Wildman–Crippen MR) is 126 cm³/mol. The highest BCUT2D eigenvalue weighted by Gasteiger charge is 2.43. The van der Waals surface area contributed by atoms with Crippen LogP contribution in [-0.2, 0) is 0 Å². The monoisotopic (exact) mass is 528 g/mol. The van der Waals surface area contributed by atoms with Gasteiger partial charge >= 0.3 is 6.29 Å². The number of allylic oxidation sites excluding steroid dienone is 2. The molecular formula is C24H19BrF2N4O3. The molecule has 2 aromatic carbocycles. The summed E-state index contributed by atoms with van der Waals surface area (Å²) in [6.45, 7) is 3.38. The van der Waals surface area contributed by atoms with Crippen molar-refractivity contribution in [2.75, 3.05) is 7.05 Å². The van der Waals surface area contributed by atoms with Crippen molar-refractivity contribution in [1.82, 2.24) is 4.98 Å². The van der Waals surface area contributed by atoms with Crippen LogP contribution in [0.3, 0.4) is 0 Å². The lowest BCUT2D eigenvalue weighted by Gasteiger charge is -2.12. The van der Waals surface area contributed by atoms with Gasteiger partial charge in [-0.3, -0.25) is 4.99 Å². The van der Waals surface area contributed by atoms with Gasteiger partial charge in [0.1, 0.15) is 5.69 Å². The minimum absolute atomic E-state index is 0.0636. The van der Waals surface area contributed by atoms with E-state index in [4.69, 9.17) is 10.2 Å². The van der Waals surface area contributed by atoms with E-state index in [-0.39, 0.29) is 11.5 Å². The van der Waals surface area contributed by atoms with Gasteiger partial charge in [-0.05, 0) is 43.3 Å². The average Bonchev–Trinajstić information content (AvgIpc) is 3.33. The summed E-state index contributed by atoms with van der Waals surface area (Å²) in [7, 11) is 1.62. The van der Waals surface area contributed by atoms with Crippen LogP contribution < -0.4 is 15.2 Å². The lowest BCUT2D eigenvalue weighted by Crippen LogP contribution is -2.25. The van der Waals surface area contributed by atoms with Crippen LogP contribution in [0.15, 0.2) is 62.1 Å². The fourth-order valence-electron chi connectivity index (χ4n) is 3.45. The van der Waals surface area contributed by atoms with Crippen LogP contribution in [-0.4, -0.2) is 24.0 Å². The van der Waals surface area contributed by atoms with E-state index < -0.39 is 12.2 Å². The number of nitrogens with zero attached hydrogens (tertiary/aromatic N) is 3. The first-order valence-corrected chi connectivity index (χ1v) is 10.9. The van der Waals surface area contributed by atoms with Crippen molar-refractivity contribution in [3.8, 4) is 40.1 Å². The zero-order chi connectivity index (χ0) is 24.6. The highest BCUT2D eigenvalue weighted by molar-refractivity contribution is 9.10. The maximum Gasteiger partial charge on any atom is 0.586 e. The van der Waals surface area contributed by atoms with E-state index in [0.29, 0.717) is 45.4 Å². The molecule has 0 spiro atoms. The van der Waals surface area contributed by atoms with Crippen LogP contribution in [0.5, 0.6) is 11.5 Å². The molecule has 174 valence electrons. The molecule has 2 heterocycles. The van der Waals surface area contributed by atoms with Crippen LogP contribution in [0, 0.1) is 24.2 Å². The summed E-state index contributed by atoms with van der Waals surface area (Å²) in [5.74, 6) is 0.125. The summed E-state index contributed by atoms with van der Waals surface area (Å²) in [5.41, 5.74) is 9.24. The number of ether oxygens (including phenoxy) is 2. The molecule has 1 aliphatic heterocycles. The number of hydrogen-bond donors (Lipinski definition) is 1. The summed E-state index contributed by atoms with van der Waals surface area (Å²) in [4.78, 5) is 8.85. The fourth-order valence-corrected chi connectivity index (χ4v) is 3.81. The van der Waals surface area contributed by atoms with E-state index in [1.54, 1.807) is 33.0 Å². The second-order valence-electron chi connectivity index (χ2n) is 7.53. The molecule has 0 aliphatic carbocycles. The van der Waals surface area contributed by atoms with Crippen molar-refractivity contribution < 1.29 is 22.7 Å². The second-order valence-corrected chi connectivity index (χ2v) is 8.45. The minimum Gasteiger partial charge on any atom is -0.440 e. The van der Waals surface area contributed by atoms with Gasteiger partial charge in [-0.15, -0.1) is 8.78 Å². The number of rotatable bonds is 5. The molecule has 0 bridgehead atoms. The zero-order valence-corrected chi connectivity index (χ0v) is 20.0. The van der Waals surface area contributed by atoms with Crippen LogP contribution in [0.4, 0.5) is 8.78 Å². The minimum atomic E-state index is -3.72. The molecule has 0 amide bonds. The Balaban J connectivity index is 1.86. The van der Waals surface area contributed by atoms with E-state index in [2.05, 4.69) is 41.4 Å². The molecule has 1 unspecified atom stereocenters. The molecule has 7 nitrogen and oxygen atoms in total. The molecule has 3 aromatic rings. The highest BCUT2D eigenvalue weighted by atomic mass is 79.9. The normalized spacial score (nSPS) is 15.8. The van der Waals surface area contributed by atoms with Gasteiger partial charge in [0.2, 0.25) is 0 Å². The first kappa shape index (κ1) is 23.4. The SMILES string of the molecule is CN=C(C=C(N)C(C)C#N)c1ccc(Br)cc1-c1oc(C)nc1-c1ccc2c(c1)OC(F)(F)O2. The largest absolute Gasteiger partial charge is 0.586 e. The molecule has 0 saturated carbocycles. The molecule has 10 heteroatoms. The number of hydrogen-bond acceptors (Lipinski definition) is 7. The number of fused-ring (bicyclic) bond motifs is 1. The van der Waals surface area contributed by atoms with Crippen LogP contribution in [0.25, 0.3) is 22.6 Å². The number of nitrogens with two attached hydrogens (primary N) is 1. The Bertz CT molecular complexity index is 1380. The molecule has 34 heavy (non-hydrogen) atoms. The number of alkyl halides is 2. The molecule has 1 atom stereocenters. The van der Waals surface area contributed by atoms with Crippen molar-refractivity contribution in [3.05, 3.63) is 64.1 Å². The summed E-state index contributed by atoms with van der Waals surface area (Å²) < 4.78 is 42.8. The Morgan fingerprint density at radius 1 is 1.24 bits per heavy atom. The lowest BCUT2D eigenvalue weighted by molar-refractivity contribution is -0.286. The summed E-state index contributed by atoms with van der Waals surface area (Å²) in [6.07, 6.45) is -2.08. The van der Waals surface area contributed by atoms with Gasteiger partial charge in [0.25, 0.3) is 0 Å². The lowest BCUT2D eigenvalue weighted by atomic mass is 9.96. The number of aryl methyl sites for hydroxylation is 1. The Kier molecular flexibility index (Phi) is 6.15. The van der Waals surface area contributed by atoms with Gasteiger partial charge in [-0.25, -0.2) is 4.98 Å². The first-order chi connectivity index (χ1) is 16.1. The molecule has 2 N–H and O–H groups in total. The van der Waals surface area contributed by atoms with Crippen LogP contribution in [0.1, 0.15) is 18.4 Å². The fraction of sp³-hybridized carbons (Fsp3) is 0.208. The van der Waals surface area contributed by atoms with Gasteiger partial charge in [-0.1, -0.05) is 22.0 Å². The van der Waals surface area contributed by atoms with Crippen molar-refractivity contribution in [2.24, 2.45) is 16.6 Å². The van der Waals surface area contributed by atoms with Crippen molar-refractivity contribution in [3.63, 3.8) is 0 Å². The standard InChI is InChI=1S/C24H19BrF2N4O3/c1-12(11-28)18(29)10-19(30-3)16-6-5-15(25)9-17(16)23-22(31-13(2)32-23)14-4-7-20-21(8-14)34-24(26,27)33-20/h4-10,12H,29H2,1-3H3. The van der Waals surface area contributed by atoms with E-state index in [9.17, 15) is 14.0 Å². The smallest absolute Gasteiger partial charge is 0.440 e. The van der Waals surface area contributed by atoms with Crippen molar-refractivity contribution >= 4 is 21.6 Å². The van der Waals surface area contributed by atoms with Gasteiger partial charge in [0.05, 0.1) is 17.7 Å². The van der Waals surface area contributed by atoms with Gasteiger partial charge < -0.3 is 19.6 Å². The summed E-state index contributed by atoms with van der Waals surface area (Å²) >= 11 is 3.49. The Hall–Kier alpha value is -3.71. The third-order valence-corrected chi connectivity index (χ3v) is 5.64. The van der Waals surface area contributed by atoms with E-state index in [1.165, 1.54) is 12.1 Å². The molecule has 4 rings (SSSR count). The second kappa shape index (κ2) is 8.91. The predicted octanol–water partition coefficient (Wildman–Crippen LogP) is 5.82. The third kappa shape index (κ3) is 4.52. The molecule has 1 aliphatic rings. The Morgan fingerprint density at radius 3 is 2.68 bits per heavy atom. The van der Waals surface area contributed by atoms with Gasteiger partial charge in [-0.2, -0.15) is 5.26 Å². The molecule has 0 radical (unpaired) electrons. The van der Waals surface area contributed by atoms with Crippen LogP contribution >= 0.6 is 15.9 Å². The summed E-state index contributed by atoms with van der Waals surface area (Å²) in [5, 5.41) is 9.19. The third-order valence-electron chi connectivity index (χ3n) is 5.15. The molecule has 0 fully saturated rings. The molecule has 1 aromatic heterocycles. The number of nitriles is 1. The van der Waals surface area contributed by atoms with Gasteiger partial charge in [0, 0.05) is 40.8 Å². The summed E-state index contributed by atoms with van der Waals surface area (Å²) in [6, 6.07) is 12.0. The maximum absolute atomic E-state index is 13.5. The Morgan fingerprint density at radius 2 is 1.97 bits per heavy atom. The number of benzene rings is 2. The quantitative estimate of drug-likeness (QED) is 0.418. The van der Waals surface area contributed by atoms with E-state index in [0.717, 1.165) is 4.47 Å². The van der Waals surface area contributed by atoms with Gasteiger partial charge in [0.15, 0.2) is 23.1 Å². The first-order valence-electron chi connectivity index (χ1n) is 10.1. The number of aliphatic imine (C=N–C) groups is 1. The maximum atomic E-state index is 13.5. The average molecular weight is 529 g/mol. The van der Waals surface area contributed by atoms with Crippen molar-refractivity contribution in [2.45, 2.75) is 20.1 Å². The molecule has 0 saturated heterocycles. The van der Waals surface area contributed by atoms with E-state index in [1.807, 2.05) is 18.2 Å². The zero-order valence-electron chi connectivity index (χ0n) is 18.4. The Labute approximate surface area is 202 Å². The van der Waals surface area contributed by atoms with Crippen LogP contribution in [0.2, 0.25) is 0 Å². The topological polar surface area (TPSA) is 107 Å². The number of oxazole rings is 1. The highest BCUT2D eigenvalue weighted by Crippen LogP contribution is 2.44. The molecular weight excluding hydrogens is 510 g/mol.